The molecule has 0 saturated carbocycles. The maximum atomic E-state index is 14.0. The number of aromatic hydroxyl groups is 1. The number of aromatic nitrogens is 2. The topological polar surface area (TPSA) is 137 Å². The zero-order chi connectivity index (χ0) is 28.9. The van der Waals surface area contributed by atoms with Crippen LogP contribution in [-0.4, -0.2) is 23.1 Å². The van der Waals surface area contributed by atoms with Crippen molar-refractivity contribution < 1.29 is 13.5 Å². The molecule has 4 aromatic rings. The van der Waals surface area contributed by atoms with E-state index in [0.29, 0.717) is 47.1 Å². The number of hydrogen-bond donors (Lipinski definition) is 1. The number of rotatable bonds is 9. The number of sulfone groups is 1. The molecule has 0 saturated heterocycles. The summed E-state index contributed by atoms with van der Waals surface area (Å²) in [5.41, 5.74) is 1.93. The molecule has 0 radical (unpaired) electrons. The van der Waals surface area contributed by atoms with Crippen LogP contribution >= 0.6 is 0 Å². The van der Waals surface area contributed by atoms with Gasteiger partial charge in [-0.3, -0.25) is 9.36 Å². The summed E-state index contributed by atoms with van der Waals surface area (Å²) < 4.78 is 28.9. The van der Waals surface area contributed by atoms with Crippen LogP contribution in [-0.2, 0) is 16.3 Å². The highest BCUT2D eigenvalue weighted by molar-refractivity contribution is 7.91. The molecule has 202 valence electrons. The molecule has 0 fully saturated rings. The molecule has 0 spiro atoms. The predicted molar refractivity (Wildman–Crippen MR) is 150 cm³/mol. The summed E-state index contributed by atoms with van der Waals surface area (Å²) in [5.74, 6) is -0.562. The number of benzene rings is 3. The maximum absolute atomic E-state index is 14.0. The minimum Gasteiger partial charge on any atom is -0.492 e. The Balaban J connectivity index is 1.88. The Morgan fingerprint density at radius 2 is 1.70 bits per heavy atom. The van der Waals surface area contributed by atoms with Crippen molar-refractivity contribution in [2.24, 2.45) is 0 Å². The lowest BCUT2D eigenvalue weighted by Crippen LogP contribution is -2.33. The third kappa shape index (κ3) is 5.38. The molecule has 8 nitrogen and oxygen atoms in total. The van der Waals surface area contributed by atoms with E-state index in [1.165, 1.54) is 16.7 Å². The summed E-state index contributed by atoms with van der Waals surface area (Å²) in [6, 6.07) is 23.2. The van der Waals surface area contributed by atoms with Crippen molar-refractivity contribution in [2.45, 2.75) is 55.4 Å². The third-order valence-electron chi connectivity index (χ3n) is 6.77. The molecule has 1 heterocycles. The summed E-state index contributed by atoms with van der Waals surface area (Å²) in [6.45, 7) is 3.84. The van der Waals surface area contributed by atoms with Crippen molar-refractivity contribution in [1.29, 1.82) is 10.5 Å². The lowest BCUT2D eigenvalue weighted by molar-refractivity contribution is 0.406. The molecule has 0 bridgehead atoms. The fraction of sp³-hybridized carbons (Fsp3) is 0.226. The standard InChI is InChI=1S/C31H28N4O4S/c1-3-5-13-28-34-30(36)29(31(37)35(28)27(4-2)23-11-8-9-21(18-23)19-32)40(38,39)25-16-14-22(15-17-25)26-12-7-6-10-24(26)20-33/h6-12,14-18,27,36H,3-5,13H2,1-2H3. The molecule has 1 atom stereocenters. The van der Waals surface area contributed by atoms with Gasteiger partial charge >= 0.3 is 0 Å². The molecule has 9 heteroatoms. The minimum atomic E-state index is -4.47. The lowest BCUT2D eigenvalue weighted by atomic mass is 10.0. The monoisotopic (exact) mass is 552 g/mol. The maximum Gasteiger partial charge on any atom is 0.277 e. The number of hydrogen-bond acceptors (Lipinski definition) is 7. The van der Waals surface area contributed by atoms with Crippen LogP contribution in [0.4, 0.5) is 0 Å². The van der Waals surface area contributed by atoms with Crippen LogP contribution in [0.25, 0.3) is 11.1 Å². The molecule has 1 N–H and O–H groups in total. The van der Waals surface area contributed by atoms with Gasteiger partial charge in [0.05, 0.1) is 34.2 Å². The van der Waals surface area contributed by atoms with Gasteiger partial charge in [0.25, 0.3) is 5.56 Å². The summed E-state index contributed by atoms with van der Waals surface area (Å²) in [4.78, 5) is 17.2. The molecule has 0 aliphatic carbocycles. The largest absolute Gasteiger partial charge is 0.492 e. The van der Waals surface area contributed by atoms with Crippen LogP contribution in [0.1, 0.15) is 61.7 Å². The van der Waals surface area contributed by atoms with Crippen LogP contribution < -0.4 is 5.56 Å². The van der Waals surface area contributed by atoms with Crippen LogP contribution in [0, 0.1) is 22.7 Å². The Morgan fingerprint density at radius 1 is 0.975 bits per heavy atom. The summed E-state index contributed by atoms with van der Waals surface area (Å²) in [6.07, 6.45) is 2.27. The first kappa shape index (κ1) is 28.3. The first-order valence-corrected chi connectivity index (χ1v) is 14.4. The van der Waals surface area contributed by atoms with Gasteiger partial charge in [-0.25, -0.2) is 8.42 Å². The Morgan fingerprint density at radius 3 is 2.35 bits per heavy atom. The van der Waals surface area contributed by atoms with Gasteiger partial charge in [-0.2, -0.15) is 15.5 Å². The number of unbranched alkanes of at least 4 members (excludes halogenated alkanes) is 1. The molecule has 0 amide bonds. The van der Waals surface area contributed by atoms with Crippen LogP contribution in [0.3, 0.4) is 0 Å². The normalized spacial score (nSPS) is 11.9. The summed E-state index contributed by atoms with van der Waals surface area (Å²) >= 11 is 0. The van der Waals surface area contributed by atoms with E-state index in [1.807, 2.05) is 13.8 Å². The molecule has 4 rings (SSSR count). The van der Waals surface area contributed by atoms with Gasteiger partial charge in [0.15, 0.2) is 4.90 Å². The molecule has 0 aliphatic heterocycles. The predicted octanol–water partition coefficient (Wildman–Crippen LogP) is 5.53. The van der Waals surface area contributed by atoms with Crippen LogP contribution in [0.15, 0.2) is 87.4 Å². The van der Waals surface area contributed by atoms with Gasteiger partial charge in [0, 0.05) is 6.42 Å². The molecular weight excluding hydrogens is 524 g/mol. The Kier molecular flexibility index (Phi) is 8.47. The second-order valence-electron chi connectivity index (χ2n) is 9.31. The van der Waals surface area contributed by atoms with E-state index in [-0.39, 0.29) is 10.7 Å². The Bertz CT molecular complexity index is 1800. The van der Waals surface area contributed by atoms with Gasteiger partial charge in [-0.05, 0) is 59.9 Å². The van der Waals surface area contributed by atoms with E-state index in [2.05, 4.69) is 17.1 Å². The Labute approximate surface area is 233 Å². The van der Waals surface area contributed by atoms with E-state index in [4.69, 9.17) is 0 Å². The van der Waals surface area contributed by atoms with Crippen LogP contribution in [0.2, 0.25) is 0 Å². The van der Waals surface area contributed by atoms with Crippen molar-refractivity contribution >= 4 is 9.84 Å². The van der Waals surface area contributed by atoms with Gasteiger partial charge in [-0.15, -0.1) is 0 Å². The van der Waals surface area contributed by atoms with E-state index >= 15 is 0 Å². The summed E-state index contributed by atoms with van der Waals surface area (Å²) in [5, 5.41) is 29.6. The molecular formula is C31H28N4O4S. The summed E-state index contributed by atoms with van der Waals surface area (Å²) in [7, 11) is -4.47. The smallest absolute Gasteiger partial charge is 0.277 e. The fourth-order valence-corrected chi connectivity index (χ4v) is 6.11. The van der Waals surface area contributed by atoms with Gasteiger partial charge in [-0.1, -0.05) is 62.7 Å². The zero-order valence-electron chi connectivity index (χ0n) is 22.2. The van der Waals surface area contributed by atoms with Crippen molar-refractivity contribution in [1.82, 2.24) is 9.55 Å². The SMILES string of the molecule is CCCCc1nc(O)c(S(=O)(=O)c2ccc(-c3ccccc3C#N)cc2)c(=O)n1C(CC)c1cccc(C#N)c1. The highest BCUT2D eigenvalue weighted by Crippen LogP contribution is 2.31. The van der Waals surface area contributed by atoms with Crippen LogP contribution in [0.5, 0.6) is 5.88 Å². The van der Waals surface area contributed by atoms with Crippen molar-refractivity contribution in [3.8, 4) is 29.1 Å². The number of nitriles is 2. The quantitative estimate of drug-likeness (QED) is 0.288. The molecule has 1 aromatic heterocycles. The first-order valence-electron chi connectivity index (χ1n) is 13.0. The Hall–Kier alpha value is -4.73. The van der Waals surface area contributed by atoms with Gasteiger partial charge in [0.2, 0.25) is 15.7 Å². The lowest BCUT2D eigenvalue weighted by Gasteiger charge is -2.23. The van der Waals surface area contributed by atoms with Crippen molar-refractivity contribution in [2.75, 3.05) is 0 Å². The van der Waals surface area contributed by atoms with E-state index in [0.717, 1.165) is 6.42 Å². The van der Waals surface area contributed by atoms with Gasteiger partial charge in [0.1, 0.15) is 5.82 Å². The number of aryl methyl sites for hydroxylation is 1. The first-order chi connectivity index (χ1) is 19.3. The fourth-order valence-electron chi connectivity index (χ4n) is 4.76. The van der Waals surface area contributed by atoms with Crippen molar-refractivity contribution in [3.63, 3.8) is 0 Å². The number of nitrogens with zero attached hydrogens (tertiary/aromatic N) is 4. The third-order valence-corrected chi connectivity index (χ3v) is 8.56. The molecule has 3 aromatic carbocycles. The van der Waals surface area contributed by atoms with E-state index in [9.17, 15) is 28.8 Å². The van der Waals surface area contributed by atoms with E-state index < -0.39 is 32.2 Å². The second kappa shape index (κ2) is 12.0. The second-order valence-corrected chi connectivity index (χ2v) is 11.2. The average Bonchev–Trinajstić information content (AvgIpc) is 2.97. The van der Waals surface area contributed by atoms with Gasteiger partial charge < -0.3 is 5.11 Å². The van der Waals surface area contributed by atoms with Crippen molar-refractivity contribution in [3.05, 3.63) is 106 Å². The van der Waals surface area contributed by atoms with E-state index in [1.54, 1.807) is 60.7 Å². The highest BCUT2D eigenvalue weighted by Gasteiger charge is 2.31. The molecule has 1 unspecified atom stereocenters. The molecule has 40 heavy (non-hydrogen) atoms. The highest BCUT2D eigenvalue weighted by atomic mass is 32.2. The minimum absolute atomic E-state index is 0.188. The molecule has 0 aliphatic rings. The average molecular weight is 553 g/mol. The zero-order valence-corrected chi connectivity index (χ0v) is 23.0.